The zero-order chi connectivity index (χ0) is 33.3. The van der Waals surface area contributed by atoms with Crippen LogP contribution in [-0.2, 0) is 15.6 Å². The van der Waals surface area contributed by atoms with Gasteiger partial charge in [-0.3, -0.25) is 4.90 Å². The zero-order valence-electron chi connectivity index (χ0n) is 28.1. The number of nitrogens with zero attached hydrogens (tertiary/aromatic N) is 1. The molecule has 0 spiro atoms. The Morgan fingerprint density at radius 1 is 0.978 bits per heavy atom. The van der Waals surface area contributed by atoms with Crippen molar-refractivity contribution in [2.24, 2.45) is 0 Å². The van der Waals surface area contributed by atoms with E-state index in [0.29, 0.717) is 25.3 Å². The lowest BCUT2D eigenvalue weighted by molar-refractivity contribution is 0.0173. The molecule has 2 atom stereocenters. The van der Waals surface area contributed by atoms with E-state index in [2.05, 4.69) is 69.3 Å². The van der Waals surface area contributed by atoms with Crippen molar-refractivity contribution in [2.45, 2.75) is 90.5 Å². The molecule has 5 rings (SSSR count). The average molecular weight is 646 g/mol. The van der Waals surface area contributed by atoms with Gasteiger partial charge in [-0.05, 0) is 79.6 Å². The van der Waals surface area contributed by atoms with Crippen LogP contribution in [0.25, 0.3) is 0 Å². The highest BCUT2D eigenvalue weighted by Gasteiger charge is 2.53. The third-order valence-electron chi connectivity index (χ3n) is 8.80. The van der Waals surface area contributed by atoms with Gasteiger partial charge in [-0.25, -0.2) is 9.59 Å². The van der Waals surface area contributed by atoms with Crippen LogP contribution in [0.3, 0.4) is 0 Å². The van der Waals surface area contributed by atoms with Crippen molar-refractivity contribution in [3.05, 3.63) is 83.4 Å². The highest BCUT2D eigenvalue weighted by atomic mass is 28.4. The number of rotatable bonds is 8. The summed E-state index contributed by atoms with van der Waals surface area (Å²) in [6.07, 6.45) is 1.36. The number of benzene rings is 3. The fourth-order valence-electron chi connectivity index (χ4n) is 6.80. The van der Waals surface area contributed by atoms with E-state index >= 15 is 0 Å². The van der Waals surface area contributed by atoms with Gasteiger partial charge in [0.15, 0.2) is 0 Å². The van der Waals surface area contributed by atoms with Gasteiger partial charge < -0.3 is 23.7 Å². The van der Waals surface area contributed by atoms with Crippen molar-refractivity contribution < 1.29 is 33.3 Å². The number of likely N-dealkylation sites (tertiary alicyclic amines) is 1. The SMILES string of the molecule is Cc1cc(OC[C@H]2C[C@H](O[Si](c3ccccc3)(c3ccccc3)C(C)(C)C)CN2C(=O)OC(C)(C)C)c(C(=O)O)c2c1CCCO2. The Kier molecular flexibility index (Phi) is 9.57. The van der Waals surface area contributed by atoms with Gasteiger partial charge in [0.05, 0.1) is 18.8 Å². The van der Waals surface area contributed by atoms with Crippen LogP contribution < -0.4 is 19.8 Å². The van der Waals surface area contributed by atoms with Gasteiger partial charge in [-0.1, -0.05) is 81.4 Å². The Labute approximate surface area is 273 Å². The normalized spacial score (nSPS) is 18.5. The van der Waals surface area contributed by atoms with E-state index in [0.717, 1.165) is 34.3 Å². The minimum atomic E-state index is -2.90. The maximum atomic E-state index is 13.6. The first kappa shape index (κ1) is 33.5. The first-order chi connectivity index (χ1) is 21.7. The number of carbonyl (C=O) groups is 2. The van der Waals surface area contributed by atoms with Crippen molar-refractivity contribution in [3.8, 4) is 11.5 Å². The van der Waals surface area contributed by atoms with Gasteiger partial charge in [0.25, 0.3) is 8.32 Å². The van der Waals surface area contributed by atoms with Crippen LogP contribution in [0.4, 0.5) is 4.79 Å². The largest absolute Gasteiger partial charge is 0.492 e. The summed E-state index contributed by atoms with van der Waals surface area (Å²) in [5, 5.41) is 12.3. The first-order valence-corrected chi connectivity index (χ1v) is 18.1. The van der Waals surface area contributed by atoms with Gasteiger partial charge in [0.1, 0.15) is 29.3 Å². The van der Waals surface area contributed by atoms with Crippen molar-refractivity contribution in [3.63, 3.8) is 0 Å². The van der Waals surface area contributed by atoms with Crippen LogP contribution in [0.1, 0.15) is 75.9 Å². The number of carboxylic acid groups (broad SMARTS) is 1. The number of aryl methyl sites for hydroxylation is 1. The molecule has 3 aromatic rings. The van der Waals surface area contributed by atoms with Crippen LogP contribution in [0.5, 0.6) is 11.5 Å². The lowest BCUT2D eigenvalue weighted by Crippen LogP contribution is -2.67. The minimum Gasteiger partial charge on any atom is -0.492 e. The maximum Gasteiger partial charge on any atom is 0.410 e. The quantitative estimate of drug-likeness (QED) is 0.285. The zero-order valence-corrected chi connectivity index (χ0v) is 29.1. The molecule has 1 fully saturated rings. The maximum absolute atomic E-state index is 13.6. The Balaban J connectivity index is 1.50. The van der Waals surface area contributed by atoms with Crippen LogP contribution in [0.15, 0.2) is 66.7 Å². The summed E-state index contributed by atoms with van der Waals surface area (Å²) in [7, 11) is -2.90. The van der Waals surface area contributed by atoms with E-state index in [1.165, 1.54) is 0 Å². The molecule has 1 N–H and O–H groups in total. The van der Waals surface area contributed by atoms with Crippen LogP contribution in [0, 0.1) is 6.92 Å². The Hall–Kier alpha value is -3.82. The molecular formula is C37H47NO7Si. The smallest absolute Gasteiger partial charge is 0.410 e. The molecule has 2 aliphatic rings. The average Bonchev–Trinajstić information content (AvgIpc) is 3.41. The molecular weight excluding hydrogens is 598 g/mol. The Morgan fingerprint density at radius 3 is 2.13 bits per heavy atom. The molecule has 8 nitrogen and oxygen atoms in total. The molecule has 2 heterocycles. The van der Waals surface area contributed by atoms with E-state index in [-0.39, 0.29) is 29.1 Å². The van der Waals surface area contributed by atoms with Gasteiger partial charge in [0, 0.05) is 6.54 Å². The third-order valence-corrected chi connectivity index (χ3v) is 13.9. The van der Waals surface area contributed by atoms with E-state index in [1.807, 2.05) is 39.8 Å². The molecule has 3 aromatic carbocycles. The number of ether oxygens (including phenoxy) is 3. The molecule has 2 aliphatic heterocycles. The number of amides is 1. The molecule has 246 valence electrons. The lowest BCUT2D eigenvalue weighted by Gasteiger charge is -2.44. The summed E-state index contributed by atoms with van der Waals surface area (Å²) in [5.74, 6) is -0.473. The second-order valence-corrected chi connectivity index (χ2v) is 18.6. The molecule has 0 radical (unpaired) electrons. The number of carboxylic acids is 1. The predicted molar refractivity (Wildman–Crippen MR) is 181 cm³/mol. The number of fused-ring (bicyclic) bond motifs is 1. The molecule has 1 saturated heterocycles. The number of carbonyl (C=O) groups excluding carboxylic acids is 1. The third kappa shape index (κ3) is 6.81. The van der Waals surface area contributed by atoms with Crippen LogP contribution in [0.2, 0.25) is 5.04 Å². The fourth-order valence-corrected chi connectivity index (χ4v) is 11.5. The predicted octanol–water partition coefficient (Wildman–Crippen LogP) is 6.35. The molecule has 0 aliphatic carbocycles. The monoisotopic (exact) mass is 645 g/mol. The first-order valence-electron chi connectivity index (χ1n) is 16.1. The Bertz CT molecular complexity index is 1510. The van der Waals surface area contributed by atoms with Gasteiger partial charge in [-0.2, -0.15) is 0 Å². The highest BCUT2D eigenvalue weighted by molar-refractivity contribution is 6.99. The molecule has 1 amide bonds. The Morgan fingerprint density at radius 2 is 1.59 bits per heavy atom. The second kappa shape index (κ2) is 13.1. The standard InChI is InChI=1S/C37H47NO7Si/c1-25-21-31(32(34(39)40)33-30(25)19-14-20-42-33)43-24-26-22-27(23-38(26)35(41)44-36(2,3)4)45-46(37(5,6)7,28-15-10-8-11-16-28)29-17-12-9-13-18-29/h8-13,15-18,21,26-27H,14,19-20,22-24H2,1-7H3,(H,39,40)/t26-,27+/m1/s1. The molecule has 9 heteroatoms. The van der Waals surface area contributed by atoms with Gasteiger partial charge >= 0.3 is 12.1 Å². The topological polar surface area (TPSA) is 94.5 Å². The van der Waals surface area contributed by atoms with Crippen molar-refractivity contribution >= 4 is 30.8 Å². The van der Waals surface area contributed by atoms with Crippen LogP contribution in [-0.4, -0.2) is 67.9 Å². The highest BCUT2D eigenvalue weighted by Crippen LogP contribution is 2.41. The summed E-state index contributed by atoms with van der Waals surface area (Å²) in [6.45, 7) is 15.0. The lowest BCUT2D eigenvalue weighted by atomic mass is 9.96. The molecule has 0 saturated carbocycles. The number of hydrogen-bond donors (Lipinski definition) is 1. The van der Waals surface area contributed by atoms with Crippen LogP contribution >= 0.6 is 0 Å². The summed E-state index contributed by atoms with van der Waals surface area (Å²) in [6, 6.07) is 22.2. The molecule has 46 heavy (non-hydrogen) atoms. The molecule has 0 bridgehead atoms. The fraction of sp³-hybridized carbons (Fsp3) is 0.459. The van der Waals surface area contributed by atoms with E-state index in [9.17, 15) is 14.7 Å². The van der Waals surface area contributed by atoms with Gasteiger partial charge in [0.2, 0.25) is 0 Å². The van der Waals surface area contributed by atoms with E-state index in [4.69, 9.17) is 18.6 Å². The number of hydrogen-bond acceptors (Lipinski definition) is 6. The van der Waals surface area contributed by atoms with Crippen molar-refractivity contribution in [2.75, 3.05) is 19.8 Å². The summed E-state index contributed by atoms with van der Waals surface area (Å²) >= 11 is 0. The minimum absolute atomic E-state index is 0.0298. The summed E-state index contributed by atoms with van der Waals surface area (Å²) < 4.78 is 25.4. The summed E-state index contributed by atoms with van der Waals surface area (Å²) in [5.41, 5.74) is 1.18. The molecule has 0 aromatic heterocycles. The second-order valence-electron chi connectivity index (χ2n) is 14.4. The van der Waals surface area contributed by atoms with Crippen molar-refractivity contribution in [1.82, 2.24) is 4.90 Å². The molecule has 0 unspecified atom stereocenters. The summed E-state index contributed by atoms with van der Waals surface area (Å²) in [4.78, 5) is 27.8. The van der Waals surface area contributed by atoms with Gasteiger partial charge in [-0.15, -0.1) is 0 Å². The van der Waals surface area contributed by atoms with E-state index in [1.54, 1.807) is 11.0 Å². The number of aromatic carboxylic acids is 1. The van der Waals surface area contributed by atoms with E-state index < -0.39 is 32.0 Å². The van der Waals surface area contributed by atoms with Crippen molar-refractivity contribution in [1.29, 1.82) is 0 Å².